The molecule has 0 radical (unpaired) electrons. The van der Waals surface area contributed by atoms with Crippen molar-refractivity contribution in [1.82, 2.24) is 0 Å². The highest BCUT2D eigenvalue weighted by atomic mass is 32.2. The molecule has 0 amide bonds. The second kappa shape index (κ2) is 6.22. The van der Waals surface area contributed by atoms with Crippen LogP contribution in [-0.2, 0) is 10.0 Å². The Hall–Kier alpha value is -1.94. The molecule has 2 aromatic rings. The molecule has 110 valence electrons. The van der Waals surface area contributed by atoms with Crippen LogP contribution in [0.4, 0.5) is 0 Å². The van der Waals surface area contributed by atoms with Gasteiger partial charge in [0.15, 0.2) is 0 Å². The summed E-state index contributed by atoms with van der Waals surface area (Å²) in [4.78, 5) is 0.211. The molecule has 2 rings (SSSR count). The number of benzene rings is 2. The second-order valence-corrected chi connectivity index (χ2v) is 6.98. The summed E-state index contributed by atoms with van der Waals surface area (Å²) in [7, 11) is -3.63. The lowest BCUT2D eigenvalue weighted by Crippen LogP contribution is -1.98. The summed E-state index contributed by atoms with van der Waals surface area (Å²) in [5.74, 6) is 0.451. The summed E-state index contributed by atoms with van der Waals surface area (Å²) in [5.41, 5.74) is 3.01. The zero-order valence-corrected chi connectivity index (χ0v) is 13.3. The number of hydrogen-bond acceptors (Lipinski definition) is 2. The lowest BCUT2D eigenvalue weighted by molar-refractivity contribution is 0.598. The van der Waals surface area contributed by atoms with E-state index in [-0.39, 0.29) is 4.90 Å². The van der Waals surface area contributed by atoms with Gasteiger partial charge in [-0.05, 0) is 36.1 Å². The SMILES string of the molecule is Cc1ccc(S(=O)(=O)/N=C/c2ccc(C(C)C)cc2)cc1. The smallest absolute Gasteiger partial charge is 0.199 e. The van der Waals surface area contributed by atoms with Crippen molar-refractivity contribution in [2.24, 2.45) is 4.40 Å². The van der Waals surface area contributed by atoms with Crippen molar-refractivity contribution in [2.45, 2.75) is 31.6 Å². The number of rotatable bonds is 4. The number of aryl methyl sites for hydroxylation is 1. The summed E-state index contributed by atoms with van der Waals surface area (Å²) in [6.45, 7) is 6.14. The summed E-state index contributed by atoms with van der Waals surface area (Å²) >= 11 is 0. The van der Waals surface area contributed by atoms with Gasteiger partial charge in [0.1, 0.15) is 0 Å². The van der Waals surface area contributed by atoms with Gasteiger partial charge in [-0.15, -0.1) is 0 Å². The molecule has 0 N–H and O–H groups in total. The predicted octanol–water partition coefficient (Wildman–Crippen LogP) is 3.93. The third-order valence-corrected chi connectivity index (χ3v) is 4.51. The Morgan fingerprint density at radius 3 is 2.05 bits per heavy atom. The molecule has 0 bridgehead atoms. The molecule has 0 aliphatic carbocycles. The number of hydrogen-bond donors (Lipinski definition) is 0. The van der Waals surface area contributed by atoms with E-state index in [1.807, 2.05) is 31.2 Å². The Bertz CT molecular complexity index is 727. The zero-order chi connectivity index (χ0) is 15.5. The molecule has 0 aromatic heterocycles. The largest absolute Gasteiger partial charge is 0.282 e. The quantitative estimate of drug-likeness (QED) is 0.803. The molecule has 4 heteroatoms. The molecule has 2 aromatic carbocycles. The van der Waals surface area contributed by atoms with Gasteiger partial charge in [-0.25, -0.2) is 0 Å². The van der Waals surface area contributed by atoms with Gasteiger partial charge in [-0.1, -0.05) is 55.8 Å². The molecular weight excluding hydrogens is 282 g/mol. The van der Waals surface area contributed by atoms with Gasteiger partial charge in [-0.3, -0.25) is 0 Å². The fourth-order valence-electron chi connectivity index (χ4n) is 1.87. The minimum atomic E-state index is -3.63. The van der Waals surface area contributed by atoms with Crippen LogP contribution in [0.3, 0.4) is 0 Å². The fraction of sp³-hybridized carbons (Fsp3) is 0.235. The molecule has 0 heterocycles. The first-order chi connectivity index (χ1) is 9.88. The van der Waals surface area contributed by atoms with Crippen LogP contribution in [0.25, 0.3) is 0 Å². The number of sulfonamides is 1. The van der Waals surface area contributed by atoms with E-state index in [4.69, 9.17) is 0 Å². The van der Waals surface area contributed by atoms with Crippen LogP contribution in [0.5, 0.6) is 0 Å². The van der Waals surface area contributed by atoms with Crippen LogP contribution in [0, 0.1) is 6.92 Å². The van der Waals surface area contributed by atoms with E-state index in [0.717, 1.165) is 11.1 Å². The van der Waals surface area contributed by atoms with Crippen molar-refractivity contribution < 1.29 is 8.42 Å². The monoisotopic (exact) mass is 301 g/mol. The van der Waals surface area contributed by atoms with Crippen LogP contribution >= 0.6 is 0 Å². The minimum Gasteiger partial charge on any atom is -0.199 e. The maximum absolute atomic E-state index is 12.1. The van der Waals surface area contributed by atoms with Gasteiger partial charge in [0.2, 0.25) is 0 Å². The third-order valence-electron chi connectivity index (χ3n) is 3.26. The second-order valence-electron chi connectivity index (χ2n) is 5.34. The van der Waals surface area contributed by atoms with Gasteiger partial charge >= 0.3 is 0 Å². The average molecular weight is 301 g/mol. The third kappa shape index (κ3) is 4.02. The van der Waals surface area contributed by atoms with Gasteiger partial charge in [-0.2, -0.15) is 12.8 Å². The first-order valence-corrected chi connectivity index (χ1v) is 8.29. The lowest BCUT2D eigenvalue weighted by atomic mass is 10.0. The van der Waals surface area contributed by atoms with Crippen LogP contribution in [0.15, 0.2) is 57.8 Å². The van der Waals surface area contributed by atoms with Crippen molar-refractivity contribution in [3.63, 3.8) is 0 Å². The summed E-state index contributed by atoms with van der Waals surface area (Å²) in [5, 5.41) is 0. The van der Waals surface area contributed by atoms with Gasteiger partial charge in [0, 0.05) is 6.21 Å². The standard InChI is InChI=1S/C17H19NO2S/c1-13(2)16-8-6-15(7-9-16)12-18-21(19,20)17-10-4-14(3)5-11-17/h4-13H,1-3H3/b18-12+. The molecule has 21 heavy (non-hydrogen) atoms. The Labute approximate surface area is 126 Å². The highest BCUT2D eigenvalue weighted by molar-refractivity contribution is 7.90. The fourth-order valence-corrected chi connectivity index (χ4v) is 2.73. The van der Waals surface area contributed by atoms with Crippen LogP contribution in [0.1, 0.15) is 36.5 Å². The van der Waals surface area contributed by atoms with E-state index in [2.05, 4.69) is 18.2 Å². The minimum absolute atomic E-state index is 0.211. The lowest BCUT2D eigenvalue weighted by Gasteiger charge is -2.04. The Kier molecular flexibility index (Phi) is 4.58. The highest BCUT2D eigenvalue weighted by Gasteiger charge is 2.10. The maximum atomic E-state index is 12.1. The molecule has 0 aliphatic rings. The molecule has 0 spiro atoms. The predicted molar refractivity (Wildman–Crippen MR) is 86.5 cm³/mol. The zero-order valence-electron chi connectivity index (χ0n) is 12.4. The molecule has 0 unspecified atom stereocenters. The molecule has 3 nitrogen and oxygen atoms in total. The van der Waals surface area contributed by atoms with Gasteiger partial charge in [0.25, 0.3) is 10.0 Å². The van der Waals surface area contributed by atoms with Crippen molar-refractivity contribution in [3.8, 4) is 0 Å². The normalized spacial score (nSPS) is 12.2. The van der Waals surface area contributed by atoms with E-state index in [0.29, 0.717) is 5.92 Å². The van der Waals surface area contributed by atoms with Crippen molar-refractivity contribution in [2.75, 3.05) is 0 Å². The highest BCUT2D eigenvalue weighted by Crippen LogP contribution is 2.15. The summed E-state index contributed by atoms with van der Waals surface area (Å²) in [6, 6.07) is 14.4. The van der Waals surface area contributed by atoms with Gasteiger partial charge < -0.3 is 0 Å². The van der Waals surface area contributed by atoms with E-state index < -0.39 is 10.0 Å². The van der Waals surface area contributed by atoms with Gasteiger partial charge in [0.05, 0.1) is 4.90 Å². The molecule has 0 atom stereocenters. The Morgan fingerprint density at radius 2 is 1.52 bits per heavy atom. The first-order valence-electron chi connectivity index (χ1n) is 6.85. The van der Waals surface area contributed by atoms with Crippen molar-refractivity contribution >= 4 is 16.2 Å². The van der Waals surface area contributed by atoms with Crippen molar-refractivity contribution in [3.05, 3.63) is 65.2 Å². The topological polar surface area (TPSA) is 46.5 Å². The van der Waals surface area contributed by atoms with Crippen molar-refractivity contribution in [1.29, 1.82) is 0 Å². The maximum Gasteiger partial charge on any atom is 0.282 e. The van der Waals surface area contributed by atoms with E-state index in [1.165, 1.54) is 11.8 Å². The van der Waals surface area contributed by atoms with Crippen LogP contribution in [-0.4, -0.2) is 14.6 Å². The van der Waals surface area contributed by atoms with Crippen LogP contribution in [0.2, 0.25) is 0 Å². The summed E-state index contributed by atoms with van der Waals surface area (Å²) in [6.07, 6.45) is 1.39. The number of nitrogens with zero attached hydrogens (tertiary/aromatic N) is 1. The Balaban J connectivity index is 2.21. The molecular formula is C17H19NO2S. The molecule has 0 saturated heterocycles. The van der Waals surface area contributed by atoms with E-state index in [1.54, 1.807) is 24.3 Å². The molecule has 0 saturated carbocycles. The van der Waals surface area contributed by atoms with Crippen LogP contribution < -0.4 is 0 Å². The summed E-state index contributed by atoms with van der Waals surface area (Å²) < 4.78 is 27.9. The van der Waals surface area contributed by atoms with E-state index in [9.17, 15) is 8.42 Å². The molecule has 0 aliphatic heterocycles. The first kappa shape index (κ1) is 15.4. The Morgan fingerprint density at radius 1 is 0.952 bits per heavy atom. The molecule has 0 fully saturated rings. The average Bonchev–Trinajstić information content (AvgIpc) is 2.46. The van der Waals surface area contributed by atoms with E-state index >= 15 is 0 Å².